The van der Waals surface area contributed by atoms with Gasteiger partial charge >= 0.3 is 5.97 Å². The highest BCUT2D eigenvalue weighted by atomic mass is 16.5. The highest BCUT2D eigenvalue weighted by Crippen LogP contribution is 2.39. The lowest BCUT2D eigenvalue weighted by Gasteiger charge is -2.11. The molecule has 1 aromatic rings. The van der Waals surface area contributed by atoms with E-state index in [0.29, 0.717) is 12.8 Å². The molecule has 1 aromatic carbocycles. The van der Waals surface area contributed by atoms with Crippen molar-refractivity contribution in [2.24, 2.45) is 5.73 Å². The maximum Gasteiger partial charge on any atom is 0.305 e. The molecule has 18 heavy (non-hydrogen) atoms. The zero-order valence-corrected chi connectivity index (χ0v) is 10.9. The number of esters is 1. The Balaban J connectivity index is 1.79. The Hall–Kier alpha value is -1.35. The van der Waals surface area contributed by atoms with E-state index in [9.17, 15) is 4.79 Å². The van der Waals surface area contributed by atoms with Gasteiger partial charge in [-0.25, -0.2) is 0 Å². The molecule has 0 radical (unpaired) electrons. The van der Waals surface area contributed by atoms with Gasteiger partial charge in [0.2, 0.25) is 0 Å². The number of carbonyl (C=O) groups is 1. The van der Waals surface area contributed by atoms with Crippen LogP contribution in [-0.4, -0.2) is 19.1 Å². The van der Waals surface area contributed by atoms with E-state index in [2.05, 4.69) is 29.0 Å². The molecule has 0 spiro atoms. The van der Waals surface area contributed by atoms with Crippen LogP contribution in [0.2, 0.25) is 0 Å². The molecule has 1 atom stereocenters. The van der Waals surface area contributed by atoms with Gasteiger partial charge in [-0.1, -0.05) is 24.3 Å². The zero-order chi connectivity index (χ0) is 13.0. The summed E-state index contributed by atoms with van der Waals surface area (Å²) >= 11 is 0. The van der Waals surface area contributed by atoms with E-state index in [4.69, 9.17) is 5.73 Å². The van der Waals surface area contributed by atoms with Crippen LogP contribution in [0.3, 0.4) is 0 Å². The van der Waals surface area contributed by atoms with Gasteiger partial charge < -0.3 is 10.5 Å². The third kappa shape index (κ3) is 3.84. The van der Waals surface area contributed by atoms with Gasteiger partial charge in [0.15, 0.2) is 0 Å². The Morgan fingerprint density at radius 1 is 1.39 bits per heavy atom. The van der Waals surface area contributed by atoms with E-state index < -0.39 is 0 Å². The first-order valence-electron chi connectivity index (χ1n) is 6.60. The minimum Gasteiger partial charge on any atom is -0.469 e. The summed E-state index contributed by atoms with van der Waals surface area (Å²) in [4.78, 5) is 11.0. The summed E-state index contributed by atoms with van der Waals surface area (Å²) < 4.78 is 4.61. The molecule has 0 aliphatic heterocycles. The maximum atomic E-state index is 11.0. The van der Waals surface area contributed by atoms with Crippen LogP contribution in [0.1, 0.15) is 42.7 Å². The highest BCUT2D eigenvalue weighted by Gasteiger charge is 2.22. The van der Waals surface area contributed by atoms with Gasteiger partial charge in [-0.2, -0.15) is 0 Å². The third-order valence-corrected chi connectivity index (χ3v) is 3.47. The second-order valence-electron chi connectivity index (χ2n) is 5.09. The molecule has 1 saturated carbocycles. The monoisotopic (exact) mass is 247 g/mol. The van der Waals surface area contributed by atoms with E-state index in [0.717, 1.165) is 12.3 Å². The Bertz CT molecular complexity index is 395. The molecule has 1 fully saturated rings. The fourth-order valence-electron chi connectivity index (χ4n) is 2.15. The van der Waals surface area contributed by atoms with E-state index in [1.165, 1.54) is 31.1 Å². The molecule has 0 heterocycles. The molecule has 1 aliphatic carbocycles. The number of ether oxygens (including phenoxy) is 1. The first kappa shape index (κ1) is 13.1. The van der Waals surface area contributed by atoms with Crippen LogP contribution in [0.4, 0.5) is 0 Å². The van der Waals surface area contributed by atoms with E-state index in [-0.39, 0.29) is 12.0 Å². The first-order valence-corrected chi connectivity index (χ1v) is 6.60. The van der Waals surface area contributed by atoms with Crippen LogP contribution in [0.5, 0.6) is 0 Å². The Labute approximate surface area is 108 Å². The van der Waals surface area contributed by atoms with Crippen molar-refractivity contribution in [3.05, 3.63) is 35.4 Å². The molecule has 2 rings (SSSR count). The summed E-state index contributed by atoms with van der Waals surface area (Å²) in [6, 6.07) is 8.76. The Kier molecular flexibility index (Phi) is 4.37. The lowest BCUT2D eigenvalue weighted by Crippen LogP contribution is -2.24. The number of benzene rings is 1. The van der Waals surface area contributed by atoms with Crippen LogP contribution in [0.15, 0.2) is 24.3 Å². The average Bonchev–Trinajstić information content (AvgIpc) is 3.21. The second-order valence-corrected chi connectivity index (χ2v) is 5.09. The number of rotatable bonds is 6. The maximum absolute atomic E-state index is 11.0. The van der Waals surface area contributed by atoms with Gasteiger partial charge in [0.05, 0.1) is 7.11 Å². The molecule has 1 aliphatic rings. The van der Waals surface area contributed by atoms with E-state index >= 15 is 0 Å². The summed E-state index contributed by atoms with van der Waals surface area (Å²) in [7, 11) is 1.41. The van der Waals surface area contributed by atoms with Gasteiger partial charge in [-0.3, -0.25) is 4.79 Å². The van der Waals surface area contributed by atoms with Crippen molar-refractivity contribution in [1.29, 1.82) is 0 Å². The second kappa shape index (κ2) is 6.01. The van der Waals surface area contributed by atoms with Gasteiger partial charge in [0.25, 0.3) is 0 Å². The van der Waals surface area contributed by atoms with Crippen molar-refractivity contribution in [3.63, 3.8) is 0 Å². The number of nitrogens with two attached hydrogens (primary N) is 1. The lowest BCUT2D eigenvalue weighted by molar-refractivity contribution is -0.140. The first-order chi connectivity index (χ1) is 8.69. The molecule has 0 bridgehead atoms. The van der Waals surface area contributed by atoms with E-state index in [1.807, 2.05) is 0 Å². The topological polar surface area (TPSA) is 52.3 Å². The van der Waals surface area contributed by atoms with Crippen molar-refractivity contribution in [2.45, 2.75) is 44.1 Å². The van der Waals surface area contributed by atoms with Crippen LogP contribution in [-0.2, 0) is 16.0 Å². The molecular weight excluding hydrogens is 226 g/mol. The largest absolute Gasteiger partial charge is 0.469 e. The minimum atomic E-state index is -0.186. The molecule has 2 N–H and O–H groups in total. The van der Waals surface area contributed by atoms with Crippen molar-refractivity contribution >= 4 is 5.97 Å². The van der Waals surface area contributed by atoms with Crippen LogP contribution < -0.4 is 5.73 Å². The van der Waals surface area contributed by atoms with Gasteiger partial charge in [0.1, 0.15) is 0 Å². The predicted octanol–water partition coefficient (Wildman–Crippen LogP) is 2.39. The molecule has 1 unspecified atom stereocenters. The van der Waals surface area contributed by atoms with Crippen molar-refractivity contribution < 1.29 is 9.53 Å². The van der Waals surface area contributed by atoms with Crippen molar-refractivity contribution in [2.75, 3.05) is 7.11 Å². The number of carbonyl (C=O) groups excluding carboxylic acids is 1. The fourth-order valence-corrected chi connectivity index (χ4v) is 2.15. The van der Waals surface area contributed by atoms with Crippen LogP contribution in [0, 0.1) is 0 Å². The smallest absolute Gasteiger partial charge is 0.305 e. The van der Waals surface area contributed by atoms with Gasteiger partial charge in [-0.15, -0.1) is 0 Å². The minimum absolute atomic E-state index is 0.0240. The lowest BCUT2D eigenvalue weighted by atomic mass is 10.0. The molecule has 98 valence electrons. The third-order valence-electron chi connectivity index (χ3n) is 3.47. The highest BCUT2D eigenvalue weighted by molar-refractivity contribution is 5.69. The van der Waals surface area contributed by atoms with E-state index in [1.54, 1.807) is 0 Å². The van der Waals surface area contributed by atoms with Gasteiger partial charge in [0, 0.05) is 12.5 Å². The SMILES string of the molecule is COC(=O)CCC(N)Cc1ccc(C2CC2)cc1. The van der Waals surface area contributed by atoms with Crippen LogP contribution >= 0.6 is 0 Å². The molecule has 0 amide bonds. The summed E-state index contributed by atoms with van der Waals surface area (Å²) in [6.45, 7) is 0. The van der Waals surface area contributed by atoms with Crippen molar-refractivity contribution in [1.82, 2.24) is 0 Å². The predicted molar refractivity (Wildman–Crippen MR) is 71.3 cm³/mol. The summed E-state index contributed by atoms with van der Waals surface area (Å²) in [5, 5.41) is 0. The average molecular weight is 247 g/mol. The number of methoxy groups -OCH3 is 1. The normalized spacial score (nSPS) is 16.3. The Morgan fingerprint density at radius 3 is 2.61 bits per heavy atom. The number of hydrogen-bond acceptors (Lipinski definition) is 3. The molecule has 3 nitrogen and oxygen atoms in total. The zero-order valence-electron chi connectivity index (χ0n) is 10.9. The van der Waals surface area contributed by atoms with Crippen LogP contribution in [0.25, 0.3) is 0 Å². The fraction of sp³-hybridized carbons (Fsp3) is 0.533. The number of hydrogen-bond donors (Lipinski definition) is 1. The van der Waals surface area contributed by atoms with Gasteiger partial charge in [-0.05, 0) is 42.7 Å². The molecule has 3 heteroatoms. The standard InChI is InChI=1S/C15H21NO2/c1-18-15(17)9-8-14(16)10-11-2-4-12(5-3-11)13-6-7-13/h2-5,13-14H,6-10,16H2,1H3. The Morgan fingerprint density at radius 2 is 2.06 bits per heavy atom. The quantitative estimate of drug-likeness (QED) is 0.785. The summed E-state index contributed by atoms with van der Waals surface area (Å²) in [5.74, 6) is 0.613. The summed E-state index contributed by atoms with van der Waals surface area (Å²) in [6.07, 6.45) is 4.56. The van der Waals surface area contributed by atoms with Crippen molar-refractivity contribution in [3.8, 4) is 0 Å². The molecule has 0 aromatic heterocycles. The summed E-state index contributed by atoms with van der Waals surface area (Å²) in [5.41, 5.74) is 8.70. The molecule has 0 saturated heterocycles. The molecular formula is C15H21NO2.